The molecule has 3 rings (SSSR count). The van der Waals surface area contributed by atoms with E-state index in [0.29, 0.717) is 16.5 Å². The second kappa shape index (κ2) is 7.62. The summed E-state index contributed by atoms with van der Waals surface area (Å²) in [5.74, 6) is 1.01. The number of aromatic amines is 2. The van der Waals surface area contributed by atoms with Gasteiger partial charge in [0.1, 0.15) is 0 Å². The number of anilines is 1. The number of aryl methyl sites for hydroxylation is 3. The molecule has 108 valence electrons. The fourth-order valence-electron chi connectivity index (χ4n) is 0.690. The van der Waals surface area contributed by atoms with Crippen molar-refractivity contribution in [1.29, 1.82) is 0 Å². The highest BCUT2D eigenvalue weighted by Crippen LogP contribution is 1.82. The highest BCUT2D eigenvalue weighted by atomic mass is 32.1. The van der Waals surface area contributed by atoms with E-state index in [9.17, 15) is 0 Å². The van der Waals surface area contributed by atoms with E-state index in [4.69, 9.17) is 5.73 Å². The molecule has 0 saturated heterocycles. The molecule has 0 unspecified atom stereocenters. The van der Waals surface area contributed by atoms with Crippen LogP contribution in [0.5, 0.6) is 0 Å². The summed E-state index contributed by atoms with van der Waals surface area (Å²) in [5, 5.41) is 32.2. The van der Waals surface area contributed by atoms with Gasteiger partial charge in [-0.2, -0.15) is 10.4 Å². The largest absolute Gasteiger partial charge is 0.367 e. The van der Waals surface area contributed by atoms with E-state index in [1.165, 1.54) is 4.68 Å². The molecule has 0 fully saturated rings. The van der Waals surface area contributed by atoms with Gasteiger partial charge in [-0.25, -0.2) is 9.36 Å². The van der Waals surface area contributed by atoms with Crippen LogP contribution in [-0.2, 0) is 14.1 Å². The summed E-state index contributed by atoms with van der Waals surface area (Å²) in [7, 11) is 3.43. The van der Waals surface area contributed by atoms with Gasteiger partial charge in [0, 0.05) is 14.1 Å². The molecule has 3 aromatic heterocycles. The molecule has 13 nitrogen and oxygen atoms in total. The molecule has 0 spiro atoms. The van der Waals surface area contributed by atoms with Crippen LogP contribution in [0.2, 0.25) is 0 Å². The molecule has 0 aliphatic carbocycles. The molecule has 14 heteroatoms. The molecule has 0 aliphatic rings. The first kappa shape index (κ1) is 15.3. The molecule has 0 atom stereocenters. The van der Waals surface area contributed by atoms with Crippen LogP contribution in [-0.4, -0.2) is 61.0 Å². The van der Waals surface area contributed by atoms with E-state index in [1.54, 1.807) is 25.7 Å². The monoisotopic (exact) mass is 299 g/mol. The lowest BCUT2D eigenvalue weighted by Crippen LogP contribution is -1.97. The van der Waals surface area contributed by atoms with Gasteiger partial charge < -0.3 is 5.73 Å². The number of hydrogen-bond acceptors (Lipinski definition) is 10. The van der Waals surface area contributed by atoms with Gasteiger partial charge in [-0.05, 0) is 29.6 Å². The van der Waals surface area contributed by atoms with E-state index in [0.717, 1.165) is 0 Å². The van der Waals surface area contributed by atoms with Crippen molar-refractivity contribution in [2.24, 2.45) is 14.1 Å². The van der Waals surface area contributed by atoms with Crippen LogP contribution in [0.3, 0.4) is 0 Å². The molecule has 0 amide bonds. The third kappa shape index (κ3) is 5.25. The summed E-state index contributed by atoms with van der Waals surface area (Å²) in [5.41, 5.74) is 5.17. The summed E-state index contributed by atoms with van der Waals surface area (Å²) in [6.45, 7) is 1.77. The topological polar surface area (TPSA) is 171 Å². The van der Waals surface area contributed by atoms with Crippen LogP contribution in [0, 0.1) is 11.7 Å². The minimum Gasteiger partial charge on any atom is -0.367 e. The maximum Gasteiger partial charge on any atom is 0.240 e. The quantitative estimate of drug-likeness (QED) is 0.401. The second-order valence-electron chi connectivity index (χ2n) is 3.26. The van der Waals surface area contributed by atoms with Crippen molar-refractivity contribution in [3.63, 3.8) is 0 Å². The third-order valence-electron chi connectivity index (χ3n) is 1.72. The lowest BCUT2D eigenvalue weighted by molar-refractivity contribution is 0.705. The molecule has 3 heterocycles. The summed E-state index contributed by atoms with van der Waals surface area (Å²) >= 11 is 4.64. The average Bonchev–Trinajstić information content (AvgIpc) is 3.11. The number of nitrogen functional groups attached to an aromatic ring is 1. The van der Waals surface area contributed by atoms with Gasteiger partial charge in [0.25, 0.3) is 0 Å². The zero-order valence-electron chi connectivity index (χ0n) is 11.0. The molecule has 4 N–H and O–H groups in total. The zero-order valence-corrected chi connectivity index (χ0v) is 11.8. The number of rotatable bonds is 0. The first-order valence-electron chi connectivity index (χ1n) is 5.12. The Hall–Kier alpha value is -2.77. The number of H-pyrrole nitrogens is 2. The van der Waals surface area contributed by atoms with Crippen molar-refractivity contribution in [3.8, 4) is 0 Å². The Bertz CT molecular complexity index is 630. The Morgan fingerprint density at radius 2 is 1.90 bits per heavy atom. The Balaban J connectivity index is 0.000000151. The number of nitrogens with zero attached hydrogens (tertiary/aromatic N) is 10. The molecule has 0 saturated carbocycles. The second-order valence-corrected chi connectivity index (χ2v) is 3.63. The Morgan fingerprint density at radius 1 is 1.15 bits per heavy atom. The number of nitrogens with two attached hydrogens (primary N) is 1. The Morgan fingerprint density at radius 3 is 2.05 bits per heavy atom. The van der Waals surface area contributed by atoms with E-state index in [-0.39, 0.29) is 0 Å². The first-order valence-corrected chi connectivity index (χ1v) is 5.53. The van der Waals surface area contributed by atoms with Gasteiger partial charge in [0.2, 0.25) is 10.7 Å². The van der Waals surface area contributed by atoms with Crippen LogP contribution >= 0.6 is 12.2 Å². The fraction of sp³-hybridized carbons (Fsp3) is 0.500. The number of nitrogens with one attached hydrogen (secondary N) is 2. The van der Waals surface area contributed by atoms with Crippen molar-refractivity contribution in [1.82, 2.24) is 61.0 Å². The summed E-state index contributed by atoms with van der Waals surface area (Å²) in [4.78, 5) is 0. The molecule has 0 aromatic carbocycles. The molecular formula is C6H13N13S. The minimum atomic E-state index is 0.333. The van der Waals surface area contributed by atoms with Gasteiger partial charge in [0.15, 0.2) is 5.82 Å². The predicted molar refractivity (Wildman–Crippen MR) is 68.3 cm³/mol. The fourth-order valence-corrected chi connectivity index (χ4v) is 0.772. The predicted octanol–water partition coefficient (Wildman–Crippen LogP) is -1.83. The van der Waals surface area contributed by atoms with Gasteiger partial charge in [0.05, 0.1) is 0 Å². The minimum absolute atomic E-state index is 0.333. The number of tetrazole rings is 3. The molecular weight excluding hydrogens is 286 g/mol. The Labute approximate surface area is 117 Å². The molecule has 3 aromatic rings. The van der Waals surface area contributed by atoms with E-state index in [2.05, 4.69) is 63.9 Å². The smallest absolute Gasteiger partial charge is 0.240 e. The van der Waals surface area contributed by atoms with Crippen molar-refractivity contribution < 1.29 is 0 Å². The van der Waals surface area contributed by atoms with Crippen LogP contribution in [0.25, 0.3) is 0 Å². The van der Waals surface area contributed by atoms with Crippen LogP contribution in [0.15, 0.2) is 0 Å². The maximum absolute atomic E-state index is 5.17. The highest BCUT2D eigenvalue weighted by molar-refractivity contribution is 7.71. The lowest BCUT2D eigenvalue weighted by Gasteiger charge is -1.81. The summed E-state index contributed by atoms with van der Waals surface area (Å²) < 4.78 is 3.41. The van der Waals surface area contributed by atoms with E-state index < -0.39 is 0 Å². The van der Waals surface area contributed by atoms with Crippen LogP contribution in [0.4, 0.5) is 5.95 Å². The first-order chi connectivity index (χ1) is 9.50. The molecule has 0 bridgehead atoms. The molecule has 20 heavy (non-hydrogen) atoms. The summed E-state index contributed by atoms with van der Waals surface area (Å²) in [6, 6.07) is 0. The van der Waals surface area contributed by atoms with Crippen molar-refractivity contribution in [2.45, 2.75) is 6.92 Å². The number of aromatic nitrogens is 12. The average molecular weight is 299 g/mol. The van der Waals surface area contributed by atoms with E-state index >= 15 is 0 Å². The SMILES string of the molecule is Cc1nn[nH]n1.Cn1[nH]nnc1=S.Cn1nnnc1N. The Kier molecular flexibility index (Phi) is 5.82. The van der Waals surface area contributed by atoms with E-state index in [1.807, 2.05) is 0 Å². The summed E-state index contributed by atoms with van der Waals surface area (Å²) in [6.07, 6.45) is 0. The zero-order chi connectivity index (χ0) is 15.0. The third-order valence-corrected chi connectivity index (χ3v) is 2.08. The van der Waals surface area contributed by atoms with Crippen molar-refractivity contribution in [3.05, 3.63) is 10.6 Å². The van der Waals surface area contributed by atoms with Crippen LogP contribution < -0.4 is 5.73 Å². The van der Waals surface area contributed by atoms with Gasteiger partial charge >= 0.3 is 0 Å². The van der Waals surface area contributed by atoms with Gasteiger partial charge in [-0.1, -0.05) is 20.6 Å². The maximum atomic E-state index is 5.17. The standard InChI is InChI=1S/C2H5N5.C2H4N4S.C2H4N4/c1-7-2(3)4-5-6-7;1-6-2(7)3-4-5-6;1-2-3-5-6-4-2/h1H3,(H2,3,4,6);1H3,(H,3,5,7);1H3,(H,3,4,5,6). The van der Waals surface area contributed by atoms with Gasteiger partial charge in [-0.3, -0.25) is 0 Å². The molecule has 0 radical (unpaired) electrons. The van der Waals surface area contributed by atoms with Crippen molar-refractivity contribution in [2.75, 3.05) is 5.73 Å². The highest BCUT2D eigenvalue weighted by Gasteiger charge is 1.88. The van der Waals surface area contributed by atoms with Crippen LogP contribution in [0.1, 0.15) is 5.82 Å². The van der Waals surface area contributed by atoms with Crippen molar-refractivity contribution >= 4 is 18.2 Å². The lowest BCUT2D eigenvalue weighted by atomic mass is 10.8. The van der Waals surface area contributed by atoms with Gasteiger partial charge in [-0.15, -0.1) is 10.2 Å². The number of hydrogen-bond donors (Lipinski definition) is 3. The molecule has 0 aliphatic heterocycles. The normalized spacial score (nSPS) is 9.15.